The second-order valence-electron chi connectivity index (χ2n) is 6.63. The van der Waals surface area contributed by atoms with Crippen LogP contribution >= 0.6 is 22.9 Å². The summed E-state index contributed by atoms with van der Waals surface area (Å²) in [6.45, 7) is 0. The van der Waals surface area contributed by atoms with E-state index in [0.717, 1.165) is 49.2 Å². The Balaban J connectivity index is 1.96. The third kappa shape index (κ3) is 4.71. The van der Waals surface area contributed by atoms with Gasteiger partial charge in [-0.3, -0.25) is 4.72 Å². The number of ether oxygens (including phenoxy) is 1. The van der Waals surface area contributed by atoms with Crippen LogP contribution in [0, 0.1) is 5.82 Å². The Morgan fingerprint density at radius 1 is 1.33 bits per heavy atom. The normalized spacial score (nSPS) is 20.6. The summed E-state index contributed by atoms with van der Waals surface area (Å²) in [6.07, 6.45) is 5.02. The summed E-state index contributed by atoms with van der Waals surface area (Å²) in [4.78, 5) is 5.77. The first kappa shape index (κ1) is 20.3. The molecule has 3 rings (SSSR count). The van der Waals surface area contributed by atoms with Gasteiger partial charge in [0.25, 0.3) is 10.0 Å². The van der Waals surface area contributed by atoms with Crippen molar-refractivity contribution in [1.29, 1.82) is 0 Å². The molecule has 1 aromatic carbocycles. The van der Waals surface area contributed by atoms with Crippen LogP contribution in [0.5, 0.6) is 5.75 Å². The fourth-order valence-electron chi connectivity index (χ4n) is 3.22. The molecule has 1 N–H and O–H groups in total. The predicted molar refractivity (Wildman–Crippen MR) is 105 cm³/mol. The van der Waals surface area contributed by atoms with Crippen LogP contribution in [0.15, 0.2) is 28.6 Å². The molecule has 1 aromatic heterocycles. The van der Waals surface area contributed by atoms with E-state index >= 15 is 0 Å². The average molecular weight is 434 g/mol. The van der Waals surface area contributed by atoms with E-state index < -0.39 is 15.8 Å². The van der Waals surface area contributed by atoms with Crippen molar-refractivity contribution < 1.29 is 17.5 Å². The molecule has 2 atom stereocenters. The van der Waals surface area contributed by atoms with Gasteiger partial charge in [0.05, 0.1) is 5.02 Å². The molecule has 0 radical (unpaired) electrons. The number of hydrogen-bond donors (Lipinski definition) is 1. The van der Waals surface area contributed by atoms with Crippen LogP contribution in [0.3, 0.4) is 0 Å². The van der Waals surface area contributed by atoms with E-state index in [1.54, 1.807) is 5.38 Å². The van der Waals surface area contributed by atoms with Gasteiger partial charge in [-0.1, -0.05) is 18.0 Å². The first-order valence-electron chi connectivity index (χ1n) is 8.52. The average Bonchev–Trinajstić information content (AvgIpc) is 3.10. The van der Waals surface area contributed by atoms with Crippen molar-refractivity contribution in [2.45, 2.75) is 42.7 Å². The number of likely N-dealkylation sites (N-methyl/N-ethyl adjacent to an activating group) is 1. The molecule has 1 heterocycles. The molecule has 0 aliphatic heterocycles. The number of nitrogens with zero attached hydrogens (tertiary/aromatic N) is 2. The number of aromatic nitrogens is 1. The van der Waals surface area contributed by atoms with Gasteiger partial charge in [0, 0.05) is 23.7 Å². The van der Waals surface area contributed by atoms with Crippen LogP contribution in [-0.4, -0.2) is 44.5 Å². The van der Waals surface area contributed by atoms with Crippen molar-refractivity contribution in [1.82, 2.24) is 9.88 Å². The minimum absolute atomic E-state index is 0.0419. The maximum Gasteiger partial charge on any atom is 0.267 e. The molecule has 148 valence electrons. The zero-order chi connectivity index (χ0) is 19.6. The molecule has 0 spiro atoms. The minimum atomic E-state index is -4.03. The van der Waals surface area contributed by atoms with E-state index in [9.17, 15) is 12.8 Å². The van der Waals surface area contributed by atoms with Crippen molar-refractivity contribution in [2.24, 2.45) is 0 Å². The van der Waals surface area contributed by atoms with Gasteiger partial charge in [-0.05, 0) is 39.4 Å². The van der Waals surface area contributed by atoms with E-state index in [2.05, 4.69) is 14.6 Å². The molecular weight excluding hydrogens is 413 g/mol. The molecule has 6 nitrogen and oxygen atoms in total. The lowest BCUT2D eigenvalue weighted by Gasteiger charge is -2.36. The zero-order valence-electron chi connectivity index (χ0n) is 15.0. The molecular formula is C17H21ClFN3O3S2. The van der Waals surface area contributed by atoms with Crippen LogP contribution in [0.4, 0.5) is 9.52 Å². The second kappa shape index (κ2) is 8.30. The quantitative estimate of drug-likeness (QED) is 0.745. The number of rotatable bonds is 6. The lowest BCUT2D eigenvalue weighted by molar-refractivity contribution is 0.0598. The number of benzene rings is 1. The van der Waals surface area contributed by atoms with Crippen LogP contribution in [-0.2, 0) is 10.0 Å². The Labute approximate surface area is 167 Å². The first-order valence-corrected chi connectivity index (χ1v) is 11.3. The largest absolute Gasteiger partial charge is 0.487 e. The topological polar surface area (TPSA) is 71.5 Å². The minimum Gasteiger partial charge on any atom is -0.487 e. The fraction of sp³-hybridized carbons (Fsp3) is 0.471. The fourth-order valence-corrected chi connectivity index (χ4v) is 5.38. The Bertz CT molecular complexity index is 891. The van der Waals surface area contributed by atoms with Crippen LogP contribution < -0.4 is 9.46 Å². The summed E-state index contributed by atoms with van der Waals surface area (Å²) >= 11 is 6.99. The van der Waals surface area contributed by atoms with Gasteiger partial charge in [0.1, 0.15) is 22.6 Å². The smallest absolute Gasteiger partial charge is 0.267 e. The highest BCUT2D eigenvalue weighted by atomic mass is 35.5. The molecule has 0 amide bonds. The molecule has 1 fully saturated rings. The lowest BCUT2D eigenvalue weighted by Crippen LogP contribution is -2.44. The molecule has 10 heteroatoms. The van der Waals surface area contributed by atoms with E-state index in [1.807, 2.05) is 14.1 Å². The Hall–Kier alpha value is -1.42. The van der Waals surface area contributed by atoms with Crippen molar-refractivity contribution >= 4 is 38.1 Å². The van der Waals surface area contributed by atoms with Crippen molar-refractivity contribution in [3.8, 4) is 5.75 Å². The van der Waals surface area contributed by atoms with Crippen molar-refractivity contribution in [3.05, 3.63) is 34.5 Å². The summed E-state index contributed by atoms with van der Waals surface area (Å²) in [7, 11) is -0.124. The monoisotopic (exact) mass is 433 g/mol. The molecule has 27 heavy (non-hydrogen) atoms. The summed E-state index contributed by atoms with van der Waals surface area (Å²) in [5.74, 6) is -0.767. The van der Waals surface area contributed by atoms with Gasteiger partial charge in [0.15, 0.2) is 5.13 Å². The summed E-state index contributed by atoms with van der Waals surface area (Å²) in [6, 6.07) is 2.25. The number of anilines is 1. The van der Waals surface area contributed by atoms with E-state index in [-0.39, 0.29) is 32.9 Å². The van der Waals surface area contributed by atoms with E-state index in [1.165, 1.54) is 6.20 Å². The highest BCUT2D eigenvalue weighted by molar-refractivity contribution is 7.93. The zero-order valence-corrected chi connectivity index (χ0v) is 17.4. The molecule has 1 aliphatic carbocycles. The van der Waals surface area contributed by atoms with Gasteiger partial charge in [-0.2, -0.15) is 0 Å². The Morgan fingerprint density at radius 3 is 2.74 bits per heavy atom. The molecule has 2 aromatic rings. The standard InChI is InChI=1S/C17H21ClFN3O3S2/c1-22(2)13-5-3-4-6-14(13)25-15-10-12(19)11(18)9-16(15)27(23,24)21-17-20-7-8-26-17/h7-10,13-14H,3-6H2,1-2H3,(H,20,21)/t13-,14-/m0/s1. The van der Waals surface area contributed by atoms with Gasteiger partial charge in [0.2, 0.25) is 0 Å². The lowest BCUT2D eigenvalue weighted by atomic mass is 9.91. The second-order valence-corrected chi connectivity index (χ2v) is 9.58. The predicted octanol–water partition coefficient (Wildman–Crippen LogP) is 3.99. The van der Waals surface area contributed by atoms with Crippen LogP contribution in [0.1, 0.15) is 25.7 Å². The highest BCUT2D eigenvalue weighted by Gasteiger charge is 2.31. The van der Waals surface area contributed by atoms with Crippen molar-refractivity contribution in [3.63, 3.8) is 0 Å². The maximum atomic E-state index is 14.1. The number of halogens is 2. The van der Waals surface area contributed by atoms with Gasteiger partial charge < -0.3 is 9.64 Å². The first-order chi connectivity index (χ1) is 12.8. The maximum absolute atomic E-state index is 14.1. The van der Waals surface area contributed by atoms with E-state index in [4.69, 9.17) is 16.3 Å². The summed E-state index contributed by atoms with van der Waals surface area (Å²) in [5, 5.41) is 1.58. The number of nitrogens with one attached hydrogen (secondary N) is 1. The molecule has 0 saturated heterocycles. The third-order valence-corrected chi connectivity index (χ3v) is 7.01. The third-order valence-electron chi connectivity index (χ3n) is 4.54. The number of sulfonamides is 1. The molecule has 1 aliphatic rings. The van der Waals surface area contributed by atoms with Crippen LogP contribution in [0.25, 0.3) is 0 Å². The van der Waals surface area contributed by atoms with Crippen LogP contribution in [0.2, 0.25) is 5.02 Å². The van der Waals surface area contributed by atoms with Gasteiger partial charge >= 0.3 is 0 Å². The molecule has 1 saturated carbocycles. The highest BCUT2D eigenvalue weighted by Crippen LogP contribution is 2.34. The van der Waals surface area contributed by atoms with E-state index in [0.29, 0.717) is 0 Å². The molecule has 0 unspecified atom stereocenters. The summed E-state index contributed by atoms with van der Waals surface area (Å²) in [5.41, 5.74) is 0. The Morgan fingerprint density at radius 2 is 2.07 bits per heavy atom. The Kier molecular flexibility index (Phi) is 6.25. The van der Waals surface area contributed by atoms with Crippen molar-refractivity contribution in [2.75, 3.05) is 18.8 Å². The SMILES string of the molecule is CN(C)[C@H]1CCCC[C@@H]1Oc1cc(F)c(Cl)cc1S(=O)(=O)Nc1nccs1. The number of thiazole rings is 1. The van der Waals surface area contributed by atoms with Gasteiger partial charge in [-0.25, -0.2) is 17.8 Å². The van der Waals surface area contributed by atoms with Gasteiger partial charge in [-0.15, -0.1) is 11.3 Å². The molecule has 0 bridgehead atoms. The number of hydrogen-bond acceptors (Lipinski definition) is 6. The summed E-state index contributed by atoms with van der Waals surface area (Å²) < 4.78 is 48.1.